The molecule has 2 bridgehead atoms. The normalized spacial score (nSPS) is 31.4. The Morgan fingerprint density at radius 2 is 1.86 bits per heavy atom. The lowest BCUT2D eigenvalue weighted by molar-refractivity contribution is -0.00369. The zero-order valence-electron chi connectivity index (χ0n) is 17.0. The molecule has 6 rings (SSSR count). The van der Waals surface area contributed by atoms with Crippen LogP contribution in [0.1, 0.15) is 65.9 Å². The van der Waals surface area contributed by atoms with Gasteiger partial charge in [-0.15, -0.1) is 0 Å². The molecule has 1 aromatic carbocycles. The summed E-state index contributed by atoms with van der Waals surface area (Å²) in [4.78, 5) is 18.2. The van der Waals surface area contributed by atoms with Crippen LogP contribution in [0.2, 0.25) is 0 Å². The molecule has 2 aromatic rings. The summed E-state index contributed by atoms with van der Waals surface area (Å²) < 4.78 is 5.42. The summed E-state index contributed by atoms with van der Waals surface area (Å²) in [5, 5.41) is 4.11. The monoisotopic (exact) mass is 379 g/mol. The highest BCUT2D eigenvalue weighted by Gasteiger charge is 2.54. The van der Waals surface area contributed by atoms with Gasteiger partial charge in [0.2, 0.25) is 0 Å². The number of likely N-dealkylation sites (tertiary alicyclic amines) is 1. The van der Waals surface area contributed by atoms with E-state index < -0.39 is 0 Å². The Kier molecular flexibility index (Phi) is 4.31. The predicted molar refractivity (Wildman–Crippen MR) is 107 cm³/mol. The number of hydrogen-bond acceptors (Lipinski definition) is 4. The van der Waals surface area contributed by atoms with Crippen molar-refractivity contribution in [1.82, 2.24) is 15.0 Å². The van der Waals surface area contributed by atoms with E-state index in [0.717, 1.165) is 25.4 Å². The third-order valence-electron chi connectivity index (χ3n) is 7.08. The van der Waals surface area contributed by atoms with Gasteiger partial charge in [-0.2, -0.15) is 0 Å². The number of carbonyl (C=O) groups excluding carboxylic acids is 1. The second kappa shape index (κ2) is 6.73. The van der Waals surface area contributed by atoms with Crippen molar-refractivity contribution in [3.05, 3.63) is 52.9 Å². The molecular formula is C23H29N3O2. The molecule has 148 valence electrons. The molecule has 5 heteroatoms. The second-order valence-electron chi connectivity index (χ2n) is 9.10. The van der Waals surface area contributed by atoms with Crippen molar-refractivity contribution in [3.63, 3.8) is 0 Å². The number of aromatic nitrogens is 1. The molecule has 4 saturated heterocycles. The molecule has 1 amide bonds. The molecule has 0 unspecified atom stereocenters. The van der Waals surface area contributed by atoms with Crippen LogP contribution in [0.25, 0.3) is 0 Å². The highest BCUT2D eigenvalue weighted by atomic mass is 16.5. The molecule has 3 atom stereocenters. The predicted octanol–water partition coefficient (Wildman–Crippen LogP) is 3.81. The molecule has 1 aromatic heterocycles. The van der Waals surface area contributed by atoms with Crippen LogP contribution < -0.4 is 0 Å². The molecule has 5 nitrogen and oxygen atoms in total. The van der Waals surface area contributed by atoms with E-state index in [-0.39, 0.29) is 11.8 Å². The number of amides is 1. The molecule has 0 saturated carbocycles. The van der Waals surface area contributed by atoms with Crippen molar-refractivity contribution in [1.29, 1.82) is 0 Å². The average Bonchev–Trinajstić information content (AvgIpc) is 3.36. The fourth-order valence-corrected chi connectivity index (χ4v) is 5.57. The van der Waals surface area contributed by atoms with Crippen LogP contribution in [0.3, 0.4) is 0 Å². The van der Waals surface area contributed by atoms with Crippen LogP contribution in [0.4, 0.5) is 0 Å². The minimum absolute atomic E-state index is 0.0361. The van der Waals surface area contributed by atoms with Crippen LogP contribution in [0.5, 0.6) is 0 Å². The summed E-state index contributed by atoms with van der Waals surface area (Å²) in [6.45, 7) is 9.34. The Hall–Kier alpha value is -2.14. The van der Waals surface area contributed by atoms with Crippen LogP contribution in [0.15, 0.2) is 34.9 Å². The van der Waals surface area contributed by atoms with E-state index in [1.54, 1.807) is 0 Å². The van der Waals surface area contributed by atoms with Crippen molar-refractivity contribution in [3.8, 4) is 0 Å². The molecule has 0 radical (unpaired) electrons. The molecule has 0 spiro atoms. The minimum Gasteiger partial charge on any atom is -0.360 e. The zero-order valence-corrected chi connectivity index (χ0v) is 17.0. The number of fused-ring (bicyclic) bond motifs is 2. The minimum atomic E-state index is 0.0361. The lowest BCUT2D eigenvalue weighted by Crippen LogP contribution is -2.60. The summed E-state index contributed by atoms with van der Waals surface area (Å²) in [5.74, 6) is 2.02. The summed E-state index contributed by atoms with van der Waals surface area (Å²) in [5.41, 5.74) is 3.09. The molecule has 4 aliphatic heterocycles. The third-order valence-corrected chi connectivity index (χ3v) is 7.08. The van der Waals surface area contributed by atoms with E-state index >= 15 is 0 Å². The van der Waals surface area contributed by atoms with Gasteiger partial charge in [0.25, 0.3) is 5.91 Å². The molecule has 0 N–H and O–H groups in total. The van der Waals surface area contributed by atoms with Gasteiger partial charge in [0.15, 0.2) is 5.69 Å². The maximum atomic E-state index is 13.4. The summed E-state index contributed by atoms with van der Waals surface area (Å²) in [7, 11) is 0. The number of hydrogen-bond donors (Lipinski definition) is 0. The number of benzene rings is 1. The van der Waals surface area contributed by atoms with Gasteiger partial charge < -0.3 is 9.42 Å². The lowest BCUT2D eigenvalue weighted by Gasteiger charge is -2.51. The van der Waals surface area contributed by atoms with Crippen molar-refractivity contribution in [2.75, 3.05) is 19.6 Å². The number of aryl methyl sites for hydroxylation is 1. The zero-order chi connectivity index (χ0) is 19.4. The van der Waals surface area contributed by atoms with Gasteiger partial charge in [-0.05, 0) is 44.3 Å². The smallest absolute Gasteiger partial charge is 0.276 e. The molecular weight excluding hydrogens is 350 g/mol. The lowest BCUT2D eigenvalue weighted by atomic mass is 9.75. The Morgan fingerprint density at radius 3 is 2.50 bits per heavy atom. The van der Waals surface area contributed by atoms with Crippen LogP contribution in [-0.4, -0.2) is 52.6 Å². The summed E-state index contributed by atoms with van der Waals surface area (Å²) in [6, 6.07) is 11.4. The first-order valence-electron chi connectivity index (χ1n) is 10.6. The van der Waals surface area contributed by atoms with Crippen molar-refractivity contribution < 1.29 is 9.32 Å². The Labute approximate surface area is 166 Å². The first-order valence-corrected chi connectivity index (χ1v) is 10.6. The third kappa shape index (κ3) is 2.79. The average molecular weight is 380 g/mol. The fourth-order valence-electron chi connectivity index (χ4n) is 5.57. The van der Waals surface area contributed by atoms with Gasteiger partial charge >= 0.3 is 0 Å². The van der Waals surface area contributed by atoms with E-state index in [1.165, 1.54) is 24.0 Å². The van der Waals surface area contributed by atoms with Crippen LogP contribution in [0, 0.1) is 12.8 Å². The number of rotatable bonds is 3. The van der Waals surface area contributed by atoms with Crippen molar-refractivity contribution in [2.45, 2.75) is 57.5 Å². The van der Waals surface area contributed by atoms with Crippen molar-refractivity contribution >= 4 is 5.91 Å². The second-order valence-corrected chi connectivity index (χ2v) is 9.10. The maximum absolute atomic E-state index is 13.4. The largest absolute Gasteiger partial charge is 0.360 e. The van der Waals surface area contributed by atoms with E-state index in [9.17, 15) is 4.79 Å². The van der Waals surface area contributed by atoms with Gasteiger partial charge in [-0.3, -0.25) is 9.69 Å². The van der Waals surface area contributed by atoms with Gasteiger partial charge in [0.1, 0.15) is 5.76 Å². The number of piperidine rings is 3. The van der Waals surface area contributed by atoms with Crippen LogP contribution in [-0.2, 0) is 0 Å². The topological polar surface area (TPSA) is 49.6 Å². The first kappa shape index (κ1) is 17.9. The van der Waals surface area contributed by atoms with Crippen LogP contribution >= 0.6 is 0 Å². The van der Waals surface area contributed by atoms with E-state index in [2.05, 4.69) is 60.0 Å². The first-order chi connectivity index (χ1) is 13.5. The van der Waals surface area contributed by atoms with E-state index in [4.69, 9.17) is 4.52 Å². The Balaban J connectivity index is 1.49. The highest BCUT2D eigenvalue weighted by Crippen LogP contribution is 2.47. The van der Waals surface area contributed by atoms with Gasteiger partial charge in [-0.1, -0.05) is 48.8 Å². The standard InChI is InChI=1S/C23H29N3O2/c1-14(2)20-12-19(24-28-20)23(27)26-13-18(16-6-4-15(3)5-7-16)22-21(26)17-8-10-25(22)11-9-17/h4-7,12,14,17-18,21-22H,8-11,13H2,1-3H3/t18-,21-,22-/m1/s1. The fraction of sp³-hybridized carbons (Fsp3) is 0.565. The van der Waals surface area contributed by atoms with Crippen molar-refractivity contribution in [2.24, 2.45) is 5.92 Å². The molecule has 28 heavy (non-hydrogen) atoms. The highest BCUT2D eigenvalue weighted by molar-refractivity contribution is 5.93. The molecule has 0 aliphatic carbocycles. The molecule has 4 fully saturated rings. The summed E-state index contributed by atoms with van der Waals surface area (Å²) >= 11 is 0. The molecule has 4 aliphatic rings. The molecule has 5 heterocycles. The maximum Gasteiger partial charge on any atom is 0.276 e. The Bertz CT molecular complexity index is 864. The van der Waals surface area contributed by atoms with Gasteiger partial charge in [0, 0.05) is 30.5 Å². The summed E-state index contributed by atoms with van der Waals surface area (Å²) in [6.07, 6.45) is 2.39. The number of nitrogens with zero attached hydrogens (tertiary/aromatic N) is 3. The van der Waals surface area contributed by atoms with Gasteiger partial charge in [-0.25, -0.2) is 0 Å². The number of carbonyl (C=O) groups is 1. The quantitative estimate of drug-likeness (QED) is 0.814. The van der Waals surface area contributed by atoms with E-state index in [1.807, 2.05) is 6.07 Å². The van der Waals surface area contributed by atoms with E-state index in [0.29, 0.717) is 29.6 Å². The van der Waals surface area contributed by atoms with Gasteiger partial charge in [0.05, 0.1) is 6.04 Å². The Morgan fingerprint density at radius 1 is 1.14 bits per heavy atom. The SMILES string of the molecule is Cc1ccc([C@H]2CN(C(=O)c3cc(C(C)C)on3)[C@@H]3C4CCN(CC4)[C@H]23)cc1.